The fourth-order valence-electron chi connectivity index (χ4n) is 2.88. The number of carbonyl (C=O) groups excluding carboxylic acids is 1. The minimum atomic E-state index is -0.509. The summed E-state index contributed by atoms with van der Waals surface area (Å²) in [7, 11) is 0. The Labute approximate surface area is 182 Å². The zero-order chi connectivity index (χ0) is 19.0. The van der Waals surface area contributed by atoms with Crippen molar-refractivity contribution < 1.29 is 9.21 Å². The van der Waals surface area contributed by atoms with E-state index >= 15 is 0 Å². The molecule has 0 radical (unpaired) electrons. The molecule has 2 aliphatic heterocycles. The summed E-state index contributed by atoms with van der Waals surface area (Å²) in [6.45, 7) is 2.14. The number of furan rings is 1. The Morgan fingerprint density at radius 2 is 2.22 bits per heavy atom. The van der Waals surface area contributed by atoms with Crippen LogP contribution in [0.25, 0.3) is 5.70 Å². The quantitative estimate of drug-likeness (QED) is 0.462. The van der Waals surface area contributed by atoms with Crippen LogP contribution in [-0.2, 0) is 4.79 Å². The van der Waals surface area contributed by atoms with Gasteiger partial charge in [0.15, 0.2) is 14.7 Å². The van der Waals surface area contributed by atoms with Gasteiger partial charge in [0.05, 0.1) is 5.36 Å². The fourth-order valence-corrected chi connectivity index (χ4v) is 4.61. The number of thioether (sulfide) groups is 1. The highest BCUT2D eigenvalue weighted by atomic mass is 127. The van der Waals surface area contributed by atoms with Crippen LogP contribution in [0, 0.1) is 3.77 Å². The van der Waals surface area contributed by atoms with Gasteiger partial charge in [-0.25, -0.2) is 10.0 Å². The summed E-state index contributed by atoms with van der Waals surface area (Å²) in [5.74, 6) is 1.38. The lowest BCUT2D eigenvalue weighted by Gasteiger charge is -2.32. The number of fused-ring (bicyclic) bond motifs is 2. The van der Waals surface area contributed by atoms with Gasteiger partial charge in [0.1, 0.15) is 5.70 Å². The molecular formula is C18H16BrIN4O2S. The smallest absolute Gasteiger partial charge is 0.276 e. The maximum atomic E-state index is 13.0. The Morgan fingerprint density at radius 1 is 1.37 bits per heavy atom. The van der Waals surface area contributed by atoms with E-state index < -0.39 is 6.17 Å². The van der Waals surface area contributed by atoms with E-state index in [2.05, 4.69) is 50.8 Å². The molecule has 27 heavy (non-hydrogen) atoms. The lowest BCUT2D eigenvalue weighted by Crippen LogP contribution is -2.50. The van der Waals surface area contributed by atoms with Crippen molar-refractivity contribution in [2.45, 2.75) is 25.9 Å². The number of carbonyl (C=O) groups is 1. The van der Waals surface area contributed by atoms with Crippen LogP contribution in [0.3, 0.4) is 0 Å². The zero-order valence-electron chi connectivity index (χ0n) is 14.4. The molecule has 6 nitrogen and oxygen atoms in total. The lowest BCUT2D eigenvalue weighted by atomic mass is 10.1. The van der Waals surface area contributed by atoms with Crippen LogP contribution in [0.5, 0.6) is 0 Å². The maximum absolute atomic E-state index is 13.0. The fraction of sp³-hybridized carbons (Fsp3) is 0.278. The van der Waals surface area contributed by atoms with Crippen LogP contribution in [0.1, 0.15) is 31.7 Å². The summed E-state index contributed by atoms with van der Waals surface area (Å²) in [5.41, 5.74) is 0.484. The molecule has 0 saturated carbocycles. The van der Waals surface area contributed by atoms with Crippen molar-refractivity contribution in [3.05, 3.63) is 54.9 Å². The third-order valence-corrected chi connectivity index (χ3v) is 6.18. The van der Waals surface area contributed by atoms with E-state index in [0.29, 0.717) is 16.6 Å². The summed E-state index contributed by atoms with van der Waals surface area (Å²) in [4.78, 5) is 17.8. The second kappa shape index (κ2) is 7.96. The molecule has 4 rings (SSSR count). The van der Waals surface area contributed by atoms with Crippen LogP contribution in [0.4, 0.5) is 0 Å². The molecule has 0 fully saturated rings. The van der Waals surface area contributed by atoms with Gasteiger partial charge in [-0.15, -0.1) is 5.10 Å². The molecule has 0 saturated heterocycles. The number of benzene rings is 1. The minimum Gasteiger partial charge on any atom is -0.451 e. The number of unbranched alkanes of at least 4 members (excludes halogenated alkanes) is 1. The first kappa shape index (κ1) is 19.0. The van der Waals surface area contributed by atoms with Crippen molar-refractivity contribution in [2.24, 2.45) is 10.1 Å². The van der Waals surface area contributed by atoms with Gasteiger partial charge in [-0.2, -0.15) is 0 Å². The number of hydrogen-bond donors (Lipinski definition) is 1. The highest BCUT2D eigenvalue weighted by Gasteiger charge is 2.35. The number of nitrogens with one attached hydrogen (secondary N) is 1. The SMILES string of the molecule is CCCCSC1=NN2C(=c3cc(Br)ccc3=N[C@H]2c2ccc(I)o2)C(=O)N1. The first-order valence-corrected chi connectivity index (χ1v) is 11.4. The van der Waals surface area contributed by atoms with Gasteiger partial charge in [-0.1, -0.05) is 41.0 Å². The maximum Gasteiger partial charge on any atom is 0.276 e. The van der Waals surface area contributed by atoms with E-state index in [-0.39, 0.29) is 5.91 Å². The van der Waals surface area contributed by atoms with Crippen molar-refractivity contribution in [1.29, 1.82) is 0 Å². The van der Waals surface area contributed by atoms with Crippen LogP contribution in [0.2, 0.25) is 0 Å². The second-order valence-electron chi connectivity index (χ2n) is 6.06. The number of rotatable bonds is 4. The molecule has 140 valence electrons. The standard InChI is InChI=1S/C18H16BrIN4O2S/c1-2-3-8-27-18-22-17(25)15-11-9-10(19)4-5-12(11)21-16(24(15)23-18)13-6-7-14(20)26-13/h4-7,9,16H,2-3,8H2,1H3,(H,22,23,25)/t16-/m1/s1. The van der Waals surface area contributed by atoms with Crippen LogP contribution in [-0.4, -0.2) is 21.8 Å². The monoisotopic (exact) mass is 558 g/mol. The molecule has 0 spiro atoms. The van der Waals surface area contributed by atoms with Crippen molar-refractivity contribution in [1.82, 2.24) is 10.3 Å². The molecule has 3 heterocycles. The Morgan fingerprint density at radius 3 is 2.96 bits per heavy atom. The molecule has 0 aliphatic carbocycles. The highest BCUT2D eigenvalue weighted by molar-refractivity contribution is 14.1. The minimum absolute atomic E-state index is 0.176. The highest BCUT2D eigenvalue weighted by Crippen LogP contribution is 2.32. The molecule has 2 aliphatic rings. The number of nitrogens with zero attached hydrogens (tertiary/aromatic N) is 3. The van der Waals surface area contributed by atoms with Gasteiger partial charge in [-0.05, 0) is 59.3 Å². The molecule has 1 amide bonds. The predicted molar refractivity (Wildman–Crippen MR) is 117 cm³/mol. The first-order chi connectivity index (χ1) is 13.1. The second-order valence-corrected chi connectivity index (χ2v) is 9.12. The normalized spacial score (nSPS) is 18.4. The Bertz CT molecular complexity index is 1050. The number of amides is 1. The molecule has 2 aromatic rings. The molecule has 1 atom stereocenters. The molecule has 0 unspecified atom stereocenters. The van der Waals surface area contributed by atoms with Crippen LogP contribution in [0.15, 0.2) is 49.3 Å². The van der Waals surface area contributed by atoms with Crippen molar-refractivity contribution >= 4 is 67.1 Å². The first-order valence-electron chi connectivity index (χ1n) is 8.51. The van der Waals surface area contributed by atoms with Gasteiger partial charge in [-0.3, -0.25) is 10.1 Å². The summed E-state index contributed by atoms with van der Waals surface area (Å²) in [5, 5.41) is 11.4. The summed E-state index contributed by atoms with van der Waals surface area (Å²) in [6.07, 6.45) is 1.65. The van der Waals surface area contributed by atoms with E-state index in [1.165, 1.54) is 0 Å². The third-order valence-electron chi connectivity index (χ3n) is 4.16. The average molecular weight is 559 g/mol. The lowest BCUT2D eigenvalue weighted by molar-refractivity contribution is -0.116. The largest absolute Gasteiger partial charge is 0.451 e. The van der Waals surface area contributed by atoms with E-state index in [1.54, 1.807) is 16.8 Å². The third kappa shape index (κ3) is 3.81. The van der Waals surface area contributed by atoms with E-state index in [9.17, 15) is 4.79 Å². The molecule has 1 aromatic heterocycles. The Kier molecular flexibility index (Phi) is 5.60. The summed E-state index contributed by atoms with van der Waals surface area (Å²) >= 11 is 7.15. The van der Waals surface area contributed by atoms with Crippen molar-refractivity contribution in [3.8, 4) is 0 Å². The van der Waals surface area contributed by atoms with Crippen LogP contribution >= 0.6 is 50.3 Å². The van der Waals surface area contributed by atoms with Crippen molar-refractivity contribution in [3.63, 3.8) is 0 Å². The number of halogens is 2. The Balaban J connectivity index is 1.85. The van der Waals surface area contributed by atoms with Crippen LogP contribution < -0.4 is 15.9 Å². The predicted octanol–water partition coefficient (Wildman–Crippen LogP) is 3.32. The summed E-state index contributed by atoms with van der Waals surface area (Å²) < 4.78 is 7.45. The van der Waals surface area contributed by atoms with E-state index in [1.807, 2.05) is 30.3 Å². The van der Waals surface area contributed by atoms with Gasteiger partial charge >= 0.3 is 0 Å². The number of hydrazone groups is 1. The Hall–Kier alpha value is -1.33. The molecule has 1 N–H and O–H groups in total. The number of amidine groups is 1. The van der Waals surface area contributed by atoms with Gasteiger partial charge in [0.25, 0.3) is 5.91 Å². The van der Waals surface area contributed by atoms with Gasteiger partial charge < -0.3 is 4.42 Å². The number of hydrogen-bond acceptors (Lipinski definition) is 6. The average Bonchev–Trinajstić information content (AvgIpc) is 3.07. The van der Waals surface area contributed by atoms with Gasteiger partial charge in [0.2, 0.25) is 6.17 Å². The van der Waals surface area contributed by atoms with E-state index in [0.717, 1.165) is 37.4 Å². The topological polar surface area (TPSA) is 70.2 Å². The van der Waals surface area contributed by atoms with Gasteiger partial charge in [0, 0.05) is 15.4 Å². The van der Waals surface area contributed by atoms with E-state index in [4.69, 9.17) is 14.5 Å². The summed E-state index contributed by atoms with van der Waals surface area (Å²) in [6, 6.07) is 9.47. The molecule has 9 heteroatoms. The zero-order valence-corrected chi connectivity index (χ0v) is 19.0. The molecule has 1 aromatic carbocycles. The van der Waals surface area contributed by atoms with Crippen molar-refractivity contribution in [2.75, 3.05) is 5.75 Å². The molecule has 0 bridgehead atoms. The molecular weight excluding hydrogens is 543 g/mol.